The van der Waals surface area contributed by atoms with Crippen LogP contribution in [0.5, 0.6) is 0 Å². The van der Waals surface area contributed by atoms with Crippen molar-refractivity contribution in [3.8, 4) is 0 Å². The Morgan fingerprint density at radius 3 is 1.31 bits per heavy atom. The van der Waals surface area contributed by atoms with Crippen molar-refractivity contribution >= 4 is 0 Å². The zero-order chi connectivity index (χ0) is 11.5. The molecule has 0 unspecified atom stereocenters. The number of hydrogen-bond donors (Lipinski definition) is 2. The summed E-state index contributed by atoms with van der Waals surface area (Å²) in [6.45, 7) is 2.48. The molecule has 0 bridgehead atoms. The fraction of sp³-hybridized carbons (Fsp3) is 1.00. The lowest BCUT2D eigenvalue weighted by Crippen LogP contribution is -2.34. The minimum atomic E-state index is 0.489. The van der Waals surface area contributed by atoms with E-state index in [9.17, 15) is 0 Å². The van der Waals surface area contributed by atoms with Crippen LogP contribution in [0.25, 0.3) is 0 Å². The summed E-state index contributed by atoms with van der Waals surface area (Å²) in [6, 6.07) is 0.978. The molecule has 0 amide bonds. The molecule has 2 nitrogen and oxygen atoms in total. The van der Waals surface area contributed by atoms with Gasteiger partial charge in [-0.05, 0) is 69.1 Å². The molecule has 2 aliphatic rings. The van der Waals surface area contributed by atoms with Crippen molar-refractivity contribution in [2.75, 3.05) is 0 Å². The summed E-state index contributed by atoms with van der Waals surface area (Å²) in [4.78, 5) is 0. The van der Waals surface area contributed by atoms with Gasteiger partial charge < -0.3 is 11.5 Å². The van der Waals surface area contributed by atoms with E-state index in [1.165, 1.54) is 51.4 Å². The molecule has 0 radical (unpaired) electrons. The van der Waals surface area contributed by atoms with Gasteiger partial charge in [0.15, 0.2) is 0 Å². The highest BCUT2D eigenvalue weighted by molar-refractivity contribution is 4.84. The first-order valence-electron chi connectivity index (χ1n) is 7.18. The molecule has 0 aromatic rings. The van der Waals surface area contributed by atoms with Gasteiger partial charge >= 0.3 is 0 Å². The highest BCUT2D eigenvalue weighted by Crippen LogP contribution is 2.39. The third-order valence-corrected chi connectivity index (χ3v) is 5.12. The second-order valence-corrected chi connectivity index (χ2v) is 6.21. The van der Waals surface area contributed by atoms with Crippen molar-refractivity contribution in [1.82, 2.24) is 0 Å². The van der Waals surface area contributed by atoms with Crippen LogP contribution in [0.2, 0.25) is 0 Å². The van der Waals surface area contributed by atoms with E-state index < -0.39 is 0 Å². The maximum atomic E-state index is 5.98. The molecule has 0 spiro atoms. The quantitative estimate of drug-likeness (QED) is 0.757. The first kappa shape index (κ1) is 12.4. The molecule has 4 N–H and O–H groups in total. The molecule has 94 valence electrons. The molecule has 0 heterocycles. The third-order valence-electron chi connectivity index (χ3n) is 5.12. The van der Waals surface area contributed by atoms with Crippen LogP contribution in [0.3, 0.4) is 0 Å². The van der Waals surface area contributed by atoms with E-state index >= 15 is 0 Å². The van der Waals surface area contributed by atoms with Crippen molar-refractivity contribution in [2.24, 2.45) is 29.2 Å². The Kier molecular flexibility index (Phi) is 4.26. The zero-order valence-corrected chi connectivity index (χ0v) is 10.7. The Labute approximate surface area is 100 Å². The average molecular weight is 224 g/mol. The largest absolute Gasteiger partial charge is 0.328 e. The standard InChI is InChI=1S/C14H28N2/c1-10(11-2-6-13(15)7-3-11)12-4-8-14(16)9-5-12/h10-14H,2-9,15-16H2,1H3. The van der Waals surface area contributed by atoms with Gasteiger partial charge in [-0.15, -0.1) is 0 Å². The molecule has 2 rings (SSSR count). The van der Waals surface area contributed by atoms with Crippen LogP contribution in [0.15, 0.2) is 0 Å². The van der Waals surface area contributed by atoms with Crippen LogP contribution < -0.4 is 11.5 Å². The van der Waals surface area contributed by atoms with Gasteiger partial charge in [0.2, 0.25) is 0 Å². The summed E-state index contributed by atoms with van der Waals surface area (Å²) in [6.07, 6.45) is 10.5. The molecule has 0 atom stereocenters. The molecular weight excluding hydrogens is 196 g/mol. The van der Waals surface area contributed by atoms with Gasteiger partial charge in [-0.2, -0.15) is 0 Å². The second kappa shape index (κ2) is 5.50. The summed E-state index contributed by atoms with van der Waals surface area (Å²) < 4.78 is 0. The maximum absolute atomic E-state index is 5.98. The summed E-state index contributed by atoms with van der Waals surface area (Å²) in [5, 5.41) is 0. The van der Waals surface area contributed by atoms with E-state index in [2.05, 4.69) is 6.92 Å². The van der Waals surface area contributed by atoms with Gasteiger partial charge in [0.25, 0.3) is 0 Å². The first-order chi connectivity index (χ1) is 7.66. The molecule has 2 aliphatic carbocycles. The van der Waals surface area contributed by atoms with E-state index in [4.69, 9.17) is 11.5 Å². The van der Waals surface area contributed by atoms with Crippen molar-refractivity contribution in [3.05, 3.63) is 0 Å². The molecule has 2 saturated carbocycles. The van der Waals surface area contributed by atoms with E-state index in [-0.39, 0.29) is 0 Å². The molecule has 0 saturated heterocycles. The number of hydrogen-bond acceptors (Lipinski definition) is 2. The van der Waals surface area contributed by atoms with Gasteiger partial charge in [0, 0.05) is 12.1 Å². The van der Waals surface area contributed by atoms with Gasteiger partial charge in [-0.25, -0.2) is 0 Å². The van der Waals surface area contributed by atoms with Gasteiger partial charge in [0.1, 0.15) is 0 Å². The molecule has 0 aromatic carbocycles. The van der Waals surface area contributed by atoms with Crippen LogP contribution in [-0.4, -0.2) is 12.1 Å². The monoisotopic (exact) mass is 224 g/mol. The van der Waals surface area contributed by atoms with Crippen LogP contribution >= 0.6 is 0 Å². The van der Waals surface area contributed by atoms with Crippen molar-refractivity contribution in [3.63, 3.8) is 0 Å². The zero-order valence-electron chi connectivity index (χ0n) is 10.7. The normalized spacial score (nSPS) is 42.9. The minimum Gasteiger partial charge on any atom is -0.328 e. The SMILES string of the molecule is CC(C1CCC(N)CC1)C1CCC(N)CC1. The fourth-order valence-electron chi connectivity index (χ4n) is 3.73. The van der Waals surface area contributed by atoms with Gasteiger partial charge in [-0.3, -0.25) is 0 Å². The average Bonchev–Trinajstić information content (AvgIpc) is 2.30. The van der Waals surface area contributed by atoms with Crippen LogP contribution in [0.1, 0.15) is 58.3 Å². The molecule has 2 heteroatoms. The lowest BCUT2D eigenvalue weighted by molar-refractivity contribution is 0.147. The Morgan fingerprint density at radius 1 is 0.688 bits per heavy atom. The molecular formula is C14H28N2. The minimum absolute atomic E-state index is 0.489. The predicted molar refractivity (Wildman–Crippen MR) is 69.0 cm³/mol. The lowest BCUT2D eigenvalue weighted by Gasteiger charge is -2.38. The summed E-state index contributed by atoms with van der Waals surface area (Å²) in [7, 11) is 0. The van der Waals surface area contributed by atoms with E-state index in [0.29, 0.717) is 12.1 Å². The third kappa shape index (κ3) is 2.98. The smallest absolute Gasteiger partial charge is 0.00390 e. The van der Waals surface area contributed by atoms with Crippen molar-refractivity contribution in [2.45, 2.75) is 70.4 Å². The molecule has 2 fully saturated rings. The van der Waals surface area contributed by atoms with E-state index in [0.717, 1.165) is 17.8 Å². The summed E-state index contributed by atoms with van der Waals surface area (Å²) in [5.74, 6) is 2.79. The number of rotatable bonds is 2. The Balaban J connectivity index is 1.80. The molecule has 16 heavy (non-hydrogen) atoms. The highest BCUT2D eigenvalue weighted by atomic mass is 14.6. The van der Waals surface area contributed by atoms with Crippen LogP contribution in [0.4, 0.5) is 0 Å². The summed E-state index contributed by atoms with van der Waals surface area (Å²) in [5.41, 5.74) is 12.0. The Hall–Kier alpha value is -0.0800. The number of nitrogens with two attached hydrogens (primary N) is 2. The highest BCUT2D eigenvalue weighted by Gasteiger charge is 2.30. The Morgan fingerprint density at radius 2 is 1.00 bits per heavy atom. The van der Waals surface area contributed by atoms with Crippen molar-refractivity contribution in [1.29, 1.82) is 0 Å². The van der Waals surface area contributed by atoms with E-state index in [1.54, 1.807) is 0 Å². The fourth-order valence-corrected chi connectivity index (χ4v) is 3.73. The van der Waals surface area contributed by atoms with Gasteiger partial charge in [0.05, 0.1) is 0 Å². The Bertz CT molecular complexity index is 179. The predicted octanol–water partition coefficient (Wildman–Crippen LogP) is 2.66. The topological polar surface area (TPSA) is 52.0 Å². The lowest BCUT2D eigenvalue weighted by atomic mass is 9.69. The summed E-state index contributed by atoms with van der Waals surface area (Å²) >= 11 is 0. The van der Waals surface area contributed by atoms with Crippen LogP contribution in [-0.2, 0) is 0 Å². The van der Waals surface area contributed by atoms with Gasteiger partial charge in [-0.1, -0.05) is 6.92 Å². The van der Waals surface area contributed by atoms with E-state index in [1.807, 2.05) is 0 Å². The van der Waals surface area contributed by atoms with Crippen LogP contribution in [0, 0.1) is 17.8 Å². The molecule has 0 aromatic heterocycles. The second-order valence-electron chi connectivity index (χ2n) is 6.21. The molecule has 0 aliphatic heterocycles. The first-order valence-corrected chi connectivity index (χ1v) is 7.18. The van der Waals surface area contributed by atoms with Crippen molar-refractivity contribution < 1.29 is 0 Å². The maximum Gasteiger partial charge on any atom is 0.00390 e.